The predicted octanol–water partition coefficient (Wildman–Crippen LogP) is 4.33. The van der Waals surface area contributed by atoms with E-state index < -0.39 is 12.1 Å². The van der Waals surface area contributed by atoms with Crippen LogP contribution in [0.15, 0.2) is 60.7 Å². The Labute approximate surface area is 204 Å². The fourth-order valence-corrected chi connectivity index (χ4v) is 5.76. The van der Waals surface area contributed by atoms with Crippen LogP contribution in [0.4, 0.5) is 4.79 Å². The fraction of sp³-hybridized carbons (Fsp3) is 0.393. The Morgan fingerprint density at radius 3 is 2.40 bits per heavy atom. The number of carboxylic acid groups (broad SMARTS) is 1. The summed E-state index contributed by atoms with van der Waals surface area (Å²) >= 11 is 0. The van der Waals surface area contributed by atoms with Gasteiger partial charge in [0.05, 0.1) is 12.5 Å². The summed E-state index contributed by atoms with van der Waals surface area (Å²) in [4.78, 5) is 38.7. The van der Waals surface area contributed by atoms with Gasteiger partial charge < -0.3 is 20.1 Å². The zero-order valence-corrected chi connectivity index (χ0v) is 19.6. The minimum Gasteiger partial charge on any atom is -0.481 e. The van der Waals surface area contributed by atoms with Crippen molar-refractivity contribution in [1.29, 1.82) is 0 Å². The smallest absolute Gasteiger partial charge is 0.407 e. The summed E-state index contributed by atoms with van der Waals surface area (Å²) in [5.74, 6) is -1.18. The van der Waals surface area contributed by atoms with Gasteiger partial charge in [-0.1, -0.05) is 60.7 Å². The van der Waals surface area contributed by atoms with Crippen LogP contribution in [-0.2, 0) is 14.3 Å². The summed E-state index contributed by atoms with van der Waals surface area (Å²) in [6.45, 7) is 0.838. The van der Waals surface area contributed by atoms with Crippen molar-refractivity contribution in [2.24, 2.45) is 5.92 Å². The second kappa shape index (κ2) is 9.94. The molecule has 7 heteroatoms. The number of alkyl carbamates (subject to hydrolysis) is 1. The van der Waals surface area contributed by atoms with E-state index in [1.165, 1.54) is 11.1 Å². The number of allylic oxidation sites excluding steroid dienone is 1. The Bertz CT molecular complexity index is 1110. The van der Waals surface area contributed by atoms with Gasteiger partial charge in [-0.15, -0.1) is 0 Å². The summed E-state index contributed by atoms with van der Waals surface area (Å²) in [5.41, 5.74) is 4.67. The standard InChI is InChI=1S/C28H30N2O5/c31-26(32)16-20-9-6-14-30(20)27(33)18-7-5-8-19(15-18)29-28(34)35-17-25-23-12-3-1-10-21(23)22-11-2-4-13-24(22)25/h1-5,8,10-13,18-20,25H,6-7,9,14-17H2,(H,29,34)(H,31,32). The molecule has 2 aliphatic carbocycles. The molecule has 2 aromatic rings. The first-order valence-corrected chi connectivity index (χ1v) is 12.3. The molecule has 2 N–H and O–H groups in total. The first-order valence-electron chi connectivity index (χ1n) is 12.3. The zero-order chi connectivity index (χ0) is 24.4. The monoisotopic (exact) mass is 474 g/mol. The van der Waals surface area contributed by atoms with Crippen molar-refractivity contribution >= 4 is 18.0 Å². The molecule has 0 bridgehead atoms. The number of carbonyl (C=O) groups is 3. The van der Waals surface area contributed by atoms with E-state index in [0.29, 0.717) is 19.4 Å². The lowest BCUT2D eigenvalue weighted by Gasteiger charge is -2.31. The summed E-state index contributed by atoms with van der Waals surface area (Å²) in [5, 5.41) is 12.0. The number of nitrogens with one attached hydrogen (secondary N) is 1. The largest absolute Gasteiger partial charge is 0.481 e. The number of hydrogen-bond acceptors (Lipinski definition) is 4. The normalized spacial score (nSPS) is 23.0. The molecule has 3 atom stereocenters. The highest BCUT2D eigenvalue weighted by atomic mass is 16.5. The van der Waals surface area contributed by atoms with E-state index in [4.69, 9.17) is 9.84 Å². The summed E-state index contributed by atoms with van der Waals surface area (Å²) in [6.07, 6.45) is 5.94. The van der Waals surface area contributed by atoms with Gasteiger partial charge >= 0.3 is 12.1 Å². The number of likely N-dealkylation sites (tertiary alicyclic amines) is 1. The van der Waals surface area contributed by atoms with E-state index in [9.17, 15) is 14.4 Å². The third-order valence-electron chi connectivity index (χ3n) is 7.39. The van der Waals surface area contributed by atoms with Crippen LogP contribution in [0.1, 0.15) is 49.1 Å². The van der Waals surface area contributed by atoms with E-state index in [-0.39, 0.29) is 42.9 Å². The van der Waals surface area contributed by atoms with Crippen molar-refractivity contribution in [3.8, 4) is 11.1 Å². The van der Waals surface area contributed by atoms with Gasteiger partial charge in [0.1, 0.15) is 6.61 Å². The molecular weight excluding hydrogens is 444 g/mol. The van der Waals surface area contributed by atoms with Gasteiger partial charge in [-0.05, 0) is 47.9 Å². The van der Waals surface area contributed by atoms with Crippen molar-refractivity contribution in [2.75, 3.05) is 13.2 Å². The SMILES string of the molecule is O=C(O)CC1CCCN1C(=O)C1CC=CC(NC(=O)OCC2c3ccccc3-c3ccccc32)C1. The highest BCUT2D eigenvalue weighted by Crippen LogP contribution is 2.44. The first-order chi connectivity index (χ1) is 17.0. The molecule has 3 aliphatic rings. The lowest BCUT2D eigenvalue weighted by atomic mass is 9.89. The minimum absolute atomic E-state index is 0.00860. The number of amides is 2. The van der Waals surface area contributed by atoms with Gasteiger partial charge in [-0.2, -0.15) is 0 Å². The van der Waals surface area contributed by atoms with Gasteiger partial charge in [0, 0.05) is 24.4 Å². The van der Waals surface area contributed by atoms with Crippen LogP contribution in [0, 0.1) is 5.92 Å². The van der Waals surface area contributed by atoms with Crippen molar-refractivity contribution in [3.05, 3.63) is 71.8 Å². The highest BCUT2D eigenvalue weighted by molar-refractivity contribution is 5.81. The second-order valence-corrected chi connectivity index (χ2v) is 9.60. The third-order valence-corrected chi connectivity index (χ3v) is 7.39. The molecule has 0 spiro atoms. The number of carboxylic acids is 1. The van der Waals surface area contributed by atoms with Crippen LogP contribution in [0.5, 0.6) is 0 Å². The summed E-state index contributed by atoms with van der Waals surface area (Å²) in [7, 11) is 0. The Morgan fingerprint density at radius 1 is 1.03 bits per heavy atom. The van der Waals surface area contributed by atoms with Gasteiger partial charge in [0.25, 0.3) is 0 Å². The molecule has 0 radical (unpaired) electrons. The van der Waals surface area contributed by atoms with E-state index in [0.717, 1.165) is 24.0 Å². The van der Waals surface area contributed by atoms with Crippen LogP contribution in [0.25, 0.3) is 11.1 Å². The summed E-state index contributed by atoms with van der Waals surface area (Å²) < 4.78 is 5.65. The zero-order valence-electron chi connectivity index (χ0n) is 19.6. The average Bonchev–Trinajstić information content (AvgIpc) is 3.44. The number of ether oxygens (including phenoxy) is 1. The van der Waals surface area contributed by atoms with E-state index >= 15 is 0 Å². The Morgan fingerprint density at radius 2 is 1.71 bits per heavy atom. The molecule has 1 fully saturated rings. The molecule has 3 unspecified atom stereocenters. The molecule has 5 rings (SSSR count). The molecular formula is C28H30N2O5. The van der Waals surface area contributed by atoms with Crippen molar-refractivity contribution < 1.29 is 24.2 Å². The number of aliphatic carboxylic acids is 1. The number of fused-ring (bicyclic) bond motifs is 3. The molecule has 2 amide bonds. The van der Waals surface area contributed by atoms with Gasteiger partial charge in [0.15, 0.2) is 0 Å². The average molecular weight is 475 g/mol. The van der Waals surface area contributed by atoms with Gasteiger partial charge in [-0.25, -0.2) is 4.79 Å². The molecule has 182 valence electrons. The Hall–Kier alpha value is -3.61. The fourth-order valence-electron chi connectivity index (χ4n) is 5.76. The van der Waals surface area contributed by atoms with Crippen LogP contribution in [0.3, 0.4) is 0 Å². The maximum atomic E-state index is 13.1. The predicted molar refractivity (Wildman–Crippen MR) is 131 cm³/mol. The Balaban J connectivity index is 1.18. The lowest BCUT2D eigenvalue weighted by molar-refractivity contribution is -0.141. The second-order valence-electron chi connectivity index (χ2n) is 9.60. The molecule has 0 saturated carbocycles. The number of nitrogens with zero attached hydrogens (tertiary/aromatic N) is 1. The van der Waals surface area contributed by atoms with Crippen LogP contribution >= 0.6 is 0 Å². The van der Waals surface area contributed by atoms with Crippen molar-refractivity contribution in [3.63, 3.8) is 0 Å². The lowest BCUT2D eigenvalue weighted by Crippen LogP contribution is -2.44. The number of rotatable bonds is 6. The quantitative estimate of drug-likeness (QED) is 0.608. The van der Waals surface area contributed by atoms with E-state index in [1.807, 2.05) is 36.4 Å². The molecule has 35 heavy (non-hydrogen) atoms. The highest BCUT2D eigenvalue weighted by Gasteiger charge is 2.36. The number of carbonyl (C=O) groups excluding carboxylic acids is 2. The third kappa shape index (κ3) is 4.81. The first kappa shape index (κ1) is 23.1. The van der Waals surface area contributed by atoms with Crippen LogP contribution in [0.2, 0.25) is 0 Å². The van der Waals surface area contributed by atoms with E-state index in [1.54, 1.807) is 4.90 Å². The molecule has 1 aliphatic heterocycles. The molecule has 7 nitrogen and oxygen atoms in total. The summed E-state index contributed by atoms with van der Waals surface area (Å²) in [6, 6.07) is 15.9. The topological polar surface area (TPSA) is 95.9 Å². The number of hydrogen-bond donors (Lipinski definition) is 2. The maximum Gasteiger partial charge on any atom is 0.407 e. The van der Waals surface area contributed by atoms with Crippen molar-refractivity contribution in [2.45, 2.75) is 50.1 Å². The van der Waals surface area contributed by atoms with Gasteiger partial charge in [0.2, 0.25) is 5.91 Å². The molecule has 1 heterocycles. The number of benzene rings is 2. The van der Waals surface area contributed by atoms with E-state index in [2.05, 4.69) is 29.6 Å². The minimum atomic E-state index is -0.881. The van der Waals surface area contributed by atoms with Gasteiger partial charge in [-0.3, -0.25) is 9.59 Å². The van der Waals surface area contributed by atoms with Crippen molar-refractivity contribution in [1.82, 2.24) is 10.2 Å². The van der Waals surface area contributed by atoms with Crippen LogP contribution < -0.4 is 5.32 Å². The molecule has 1 saturated heterocycles. The van der Waals surface area contributed by atoms with Crippen LogP contribution in [-0.4, -0.2) is 53.2 Å². The maximum absolute atomic E-state index is 13.1. The Kier molecular flexibility index (Phi) is 6.57. The molecule has 2 aromatic carbocycles. The molecule has 0 aromatic heterocycles.